The highest BCUT2D eigenvalue weighted by Crippen LogP contribution is 2.51. The molecule has 2 unspecified atom stereocenters. The highest BCUT2D eigenvalue weighted by molar-refractivity contribution is 7.10. The summed E-state index contributed by atoms with van der Waals surface area (Å²) in [6.45, 7) is 1.69. The number of amides is 1. The molecule has 7 heteroatoms. The van der Waals surface area contributed by atoms with Crippen molar-refractivity contribution in [3.8, 4) is 0 Å². The molecule has 0 aromatic carbocycles. The molecule has 32 heavy (non-hydrogen) atoms. The number of thiophene rings is 1. The van der Waals surface area contributed by atoms with Crippen LogP contribution in [0.5, 0.6) is 0 Å². The SMILES string of the molecule is CC(=O)C1CCC(CC(=N)C2CC2c2cc(C(=O)N(C)C3CCC(F)(F)CC3)cs2)CC1. The number of carbonyl (C=O) groups is 2. The van der Waals surface area contributed by atoms with Gasteiger partial charge in [-0.15, -0.1) is 11.3 Å². The van der Waals surface area contributed by atoms with Crippen molar-refractivity contribution < 1.29 is 18.4 Å². The lowest BCUT2D eigenvalue weighted by molar-refractivity contribution is -0.121. The molecule has 3 fully saturated rings. The van der Waals surface area contributed by atoms with Gasteiger partial charge >= 0.3 is 0 Å². The van der Waals surface area contributed by atoms with Gasteiger partial charge in [0.15, 0.2) is 0 Å². The second-order valence-electron chi connectivity index (χ2n) is 10.2. The fraction of sp³-hybridized carbons (Fsp3) is 0.720. The fourth-order valence-corrected chi connectivity index (χ4v) is 6.63. The third-order valence-corrected chi connectivity index (χ3v) is 9.02. The van der Waals surface area contributed by atoms with Gasteiger partial charge in [-0.1, -0.05) is 0 Å². The predicted octanol–water partition coefficient (Wildman–Crippen LogP) is 6.31. The third-order valence-electron chi connectivity index (χ3n) is 7.96. The minimum atomic E-state index is -2.59. The Hall–Kier alpha value is -1.63. The first-order valence-electron chi connectivity index (χ1n) is 12.0. The normalized spacial score (nSPS) is 30.0. The average molecular weight is 465 g/mol. The van der Waals surface area contributed by atoms with Crippen LogP contribution in [-0.2, 0) is 4.79 Å². The van der Waals surface area contributed by atoms with Gasteiger partial charge in [-0.25, -0.2) is 8.78 Å². The van der Waals surface area contributed by atoms with Crippen LogP contribution in [0.2, 0.25) is 0 Å². The summed E-state index contributed by atoms with van der Waals surface area (Å²) in [5.74, 6) is -1.01. The summed E-state index contributed by atoms with van der Waals surface area (Å²) >= 11 is 1.58. The number of Topliss-reactive ketones (excluding diaryl/α,β-unsaturated/α-hetero) is 1. The number of hydrogen-bond acceptors (Lipinski definition) is 4. The van der Waals surface area contributed by atoms with Gasteiger partial charge in [-0.3, -0.25) is 9.59 Å². The standard InChI is InChI=1S/C25H34F2N2O2S/c1-15(30)17-5-3-16(4-6-17)11-22(28)20-13-21(20)23-12-18(14-32-23)24(31)29(2)19-7-9-25(26,27)10-8-19/h12,14,16-17,19-21,28H,3-11,13H2,1-2H3. The van der Waals surface area contributed by atoms with Gasteiger partial charge in [-0.05, 0) is 70.3 Å². The minimum absolute atomic E-state index is 0.0859. The van der Waals surface area contributed by atoms with Gasteiger partial charge in [0.25, 0.3) is 5.91 Å². The summed E-state index contributed by atoms with van der Waals surface area (Å²) < 4.78 is 26.9. The van der Waals surface area contributed by atoms with E-state index < -0.39 is 5.92 Å². The van der Waals surface area contributed by atoms with Crippen LogP contribution in [0.4, 0.5) is 8.78 Å². The van der Waals surface area contributed by atoms with Crippen LogP contribution in [0.1, 0.15) is 92.3 Å². The van der Waals surface area contributed by atoms with E-state index in [9.17, 15) is 18.4 Å². The fourth-order valence-electron chi connectivity index (χ4n) is 5.57. The van der Waals surface area contributed by atoms with Gasteiger partial charge in [-0.2, -0.15) is 0 Å². The van der Waals surface area contributed by atoms with Crippen molar-refractivity contribution in [2.75, 3.05) is 7.05 Å². The van der Waals surface area contributed by atoms with Gasteiger partial charge in [0, 0.05) is 59.7 Å². The predicted molar refractivity (Wildman–Crippen MR) is 123 cm³/mol. The van der Waals surface area contributed by atoms with E-state index in [1.165, 1.54) is 0 Å². The van der Waals surface area contributed by atoms with Crippen LogP contribution in [0, 0.1) is 23.2 Å². The molecule has 0 spiro atoms. The Morgan fingerprint density at radius 2 is 1.81 bits per heavy atom. The molecular weight excluding hydrogens is 430 g/mol. The van der Waals surface area contributed by atoms with Crippen molar-refractivity contribution >= 4 is 28.7 Å². The van der Waals surface area contributed by atoms with E-state index in [0.717, 1.165) is 49.1 Å². The number of nitrogens with zero attached hydrogens (tertiary/aromatic N) is 1. The second-order valence-corrected chi connectivity index (χ2v) is 11.2. The molecule has 2 atom stereocenters. The Bertz CT molecular complexity index is 865. The van der Waals surface area contributed by atoms with Crippen LogP contribution in [-0.4, -0.2) is 41.3 Å². The van der Waals surface area contributed by atoms with E-state index in [1.807, 2.05) is 11.4 Å². The van der Waals surface area contributed by atoms with Crippen LogP contribution in [0.3, 0.4) is 0 Å². The Labute approximate surface area is 193 Å². The van der Waals surface area contributed by atoms with Crippen LogP contribution < -0.4 is 0 Å². The lowest BCUT2D eigenvalue weighted by atomic mass is 9.78. The van der Waals surface area contributed by atoms with Crippen molar-refractivity contribution in [2.24, 2.45) is 17.8 Å². The summed E-state index contributed by atoms with van der Waals surface area (Å²) in [5, 5.41) is 10.5. The smallest absolute Gasteiger partial charge is 0.254 e. The molecule has 1 amide bonds. The zero-order valence-corrected chi connectivity index (χ0v) is 19.9. The number of carbonyl (C=O) groups excluding carboxylic acids is 2. The zero-order valence-electron chi connectivity index (χ0n) is 19.0. The monoisotopic (exact) mass is 464 g/mol. The van der Waals surface area contributed by atoms with Crippen molar-refractivity contribution in [3.05, 3.63) is 21.9 Å². The number of ketones is 1. The number of rotatable bonds is 7. The summed E-state index contributed by atoms with van der Waals surface area (Å²) in [7, 11) is 1.73. The van der Waals surface area contributed by atoms with E-state index >= 15 is 0 Å². The lowest BCUT2D eigenvalue weighted by Crippen LogP contribution is -2.41. The molecule has 1 aromatic rings. The molecule has 3 aliphatic rings. The molecule has 1 N–H and O–H groups in total. The quantitative estimate of drug-likeness (QED) is 0.481. The summed E-state index contributed by atoms with van der Waals surface area (Å²) in [6.07, 6.45) is 6.22. The Morgan fingerprint density at radius 1 is 1.16 bits per heavy atom. The molecular formula is C25H34F2N2O2S. The highest BCUT2D eigenvalue weighted by Gasteiger charge is 2.43. The summed E-state index contributed by atoms with van der Waals surface area (Å²) in [6, 6.07) is 1.84. The van der Waals surface area contributed by atoms with Gasteiger partial charge in [0.05, 0.1) is 5.56 Å². The first-order valence-corrected chi connectivity index (χ1v) is 12.8. The molecule has 1 aromatic heterocycles. The Balaban J connectivity index is 1.27. The number of nitrogens with one attached hydrogen (secondary N) is 1. The van der Waals surface area contributed by atoms with Gasteiger partial charge in [0.2, 0.25) is 5.92 Å². The lowest BCUT2D eigenvalue weighted by Gasteiger charge is -2.34. The van der Waals surface area contributed by atoms with Crippen LogP contribution >= 0.6 is 11.3 Å². The third kappa shape index (κ3) is 5.29. The molecule has 0 radical (unpaired) electrons. The van der Waals surface area contributed by atoms with E-state index in [4.69, 9.17) is 5.41 Å². The maximum Gasteiger partial charge on any atom is 0.254 e. The molecule has 4 nitrogen and oxygen atoms in total. The van der Waals surface area contributed by atoms with Crippen molar-refractivity contribution in [2.45, 2.75) is 89.0 Å². The number of alkyl halides is 2. The second kappa shape index (κ2) is 9.32. The highest BCUT2D eigenvalue weighted by atomic mass is 32.1. The maximum atomic E-state index is 13.4. The maximum absolute atomic E-state index is 13.4. The molecule has 176 valence electrons. The molecule has 0 saturated heterocycles. The van der Waals surface area contributed by atoms with Crippen LogP contribution in [0.25, 0.3) is 0 Å². The van der Waals surface area contributed by atoms with Crippen molar-refractivity contribution in [1.29, 1.82) is 5.41 Å². The van der Waals surface area contributed by atoms with Gasteiger partial charge in [0.1, 0.15) is 5.78 Å². The van der Waals surface area contributed by atoms with E-state index in [2.05, 4.69) is 0 Å². The van der Waals surface area contributed by atoms with E-state index in [1.54, 1.807) is 30.2 Å². The molecule has 4 rings (SSSR count). The molecule has 3 aliphatic carbocycles. The van der Waals surface area contributed by atoms with Crippen molar-refractivity contribution in [1.82, 2.24) is 4.90 Å². The largest absolute Gasteiger partial charge is 0.339 e. The molecule has 1 heterocycles. The molecule has 0 aliphatic heterocycles. The molecule has 0 bridgehead atoms. The van der Waals surface area contributed by atoms with E-state index in [-0.39, 0.29) is 36.6 Å². The average Bonchev–Trinajstić information content (AvgIpc) is 3.42. The molecule has 3 saturated carbocycles. The Kier molecular flexibility index (Phi) is 6.85. The minimum Gasteiger partial charge on any atom is -0.339 e. The summed E-state index contributed by atoms with van der Waals surface area (Å²) in [4.78, 5) is 27.3. The zero-order chi connectivity index (χ0) is 23.0. The number of halogens is 2. The topological polar surface area (TPSA) is 61.2 Å². The van der Waals surface area contributed by atoms with Crippen LogP contribution in [0.15, 0.2) is 11.4 Å². The first kappa shape index (κ1) is 23.5. The number of hydrogen-bond donors (Lipinski definition) is 1. The Morgan fingerprint density at radius 3 is 2.44 bits per heavy atom. The van der Waals surface area contributed by atoms with Crippen molar-refractivity contribution in [3.63, 3.8) is 0 Å². The summed E-state index contributed by atoms with van der Waals surface area (Å²) in [5.41, 5.74) is 1.47. The first-order chi connectivity index (χ1) is 15.1. The van der Waals surface area contributed by atoms with Gasteiger partial charge < -0.3 is 10.3 Å². The van der Waals surface area contributed by atoms with E-state index in [0.29, 0.717) is 36.0 Å².